The quantitative estimate of drug-likeness (QED) is 0.427. The first kappa shape index (κ1) is 9.68. The number of carbonyl (C=O) groups is 1. The topological polar surface area (TPSA) is 35.9 Å². The predicted octanol–water partition coefficient (Wildman–Crippen LogP) is 0.136. The van der Waals surface area contributed by atoms with Crippen molar-refractivity contribution in [3.05, 3.63) is 12.8 Å². The summed E-state index contributed by atoms with van der Waals surface area (Å²) < 4.78 is 0. The summed E-state index contributed by atoms with van der Waals surface area (Å²) in [7, 11) is 3.37. The van der Waals surface area contributed by atoms with Gasteiger partial charge in [0.25, 0.3) is 0 Å². The minimum absolute atomic E-state index is 0.0303. The van der Waals surface area contributed by atoms with Crippen molar-refractivity contribution in [1.82, 2.24) is 9.91 Å². The molecule has 0 spiro atoms. The highest BCUT2D eigenvalue weighted by atomic mass is 16.2. The molecule has 0 bridgehead atoms. The average Bonchev–Trinajstić information content (AvgIpc) is 1.99. The van der Waals surface area contributed by atoms with Gasteiger partial charge in [0.2, 0.25) is 5.91 Å². The molecule has 4 heteroatoms. The van der Waals surface area contributed by atoms with Crippen LogP contribution in [0.2, 0.25) is 0 Å². The van der Waals surface area contributed by atoms with E-state index in [-0.39, 0.29) is 12.5 Å². The van der Waals surface area contributed by atoms with Crippen LogP contribution < -0.4 is 0 Å². The summed E-state index contributed by atoms with van der Waals surface area (Å²) in [5, 5.41) is 4.92. The molecule has 62 valence electrons. The Hall–Kier alpha value is -1.32. The molecule has 0 aliphatic heterocycles. The van der Waals surface area contributed by atoms with E-state index in [4.69, 9.17) is 0 Å². The van der Waals surface area contributed by atoms with Gasteiger partial charge in [0.05, 0.1) is 0 Å². The van der Waals surface area contributed by atoms with Crippen molar-refractivity contribution >= 4 is 12.6 Å². The second-order valence-corrected chi connectivity index (χ2v) is 2.21. The molecule has 0 radical (unpaired) electrons. The van der Waals surface area contributed by atoms with Crippen LogP contribution in [0.5, 0.6) is 0 Å². The molecule has 0 aromatic heterocycles. The van der Waals surface area contributed by atoms with Gasteiger partial charge in [0.1, 0.15) is 6.54 Å². The Labute approximate surface area is 66.8 Å². The zero-order valence-corrected chi connectivity index (χ0v) is 6.95. The largest absolute Gasteiger partial charge is 0.347 e. The number of hydrogen-bond donors (Lipinski definition) is 0. The van der Waals surface area contributed by atoms with E-state index in [2.05, 4.69) is 18.4 Å². The Morgan fingerprint density at radius 3 is 2.45 bits per heavy atom. The summed E-state index contributed by atoms with van der Waals surface area (Å²) in [6.45, 7) is 6.94. The van der Waals surface area contributed by atoms with E-state index in [9.17, 15) is 4.79 Å². The number of rotatable bonds is 4. The Balaban J connectivity index is 3.91. The third kappa shape index (κ3) is 3.40. The molecule has 0 atom stereocenters. The van der Waals surface area contributed by atoms with Gasteiger partial charge in [-0.05, 0) is 0 Å². The lowest BCUT2D eigenvalue weighted by Gasteiger charge is -2.15. The Morgan fingerprint density at radius 2 is 2.18 bits per heavy atom. The first-order valence-corrected chi connectivity index (χ1v) is 3.17. The fourth-order valence-corrected chi connectivity index (χ4v) is 0.452. The molecule has 0 rings (SSSR count). The van der Waals surface area contributed by atoms with Crippen LogP contribution in [0, 0.1) is 0 Å². The highest BCUT2D eigenvalue weighted by Crippen LogP contribution is 1.89. The van der Waals surface area contributed by atoms with Gasteiger partial charge in [-0.1, -0.05) is 6.58 Å². The standard InChI is InChI=1S/C7H13N3O/c1-5-10(8-2)6-7(11)9(3)4/h5H,1-2,6H2,3-4H3. The van der Waals surface area contributed by atoms with Gasteiger partial charge in [-0.3, -0.25) is 9.80 Å². The number of amides is 1. The molecule has 0 aliphatic rings. The first-order valence-electron chi connectivity index (χ1n) is 3.17. The van der Waals surface area contributed by atoms with Crippen molar-refractivity contribution in [1.29, 1.82) is 0 Å². The summed E-state index contributed by atoms with van der Waals surface area (Å²) >= 11 is 0. The van der Waals surface area contributed by atoms with Crippen LogP contribution in [0.25, 0.3) is 0 Å². The second kappa shape index (κ2) is 4.49. The second-order valence-electron chi connectivity index (χ2n) is 2.21. The van der Waals surface area contributed by atoms with E-state index < -0.39 is 0 Å². The lowest BCUT2D eigenvalue weighted by atomic mass is 10.5. The van der Waals surface area contributed by atoms with Crippen molar-refractivity contribution in [2.45, 2.75) is 0 Å². The summed E-state index contributed by atoms with van der Waals surface area (Å²) in [5.41, 5.74) is 0. The maximum absolute atomic E-state index is 11.0. The minimum atomic E-state index is -0.0303. The van der Waals surface area contributed by atoms with Crippen LogP contribution in [-0.4, -0.2) is 43.2 Å². The molecular weight excluding hydrogens is 142 g/mol. The Bertz CT molecular complexity index is 157. The van der Waals surface area contributed by atoms with Crippen LogP contribution >= 0.6 is 0 Å². The molecule has 0 unspecified atom stereocenters. The molecule has 0 aromatic rings. The SMILES string of the molecule is C=CN(CC(=O)N(C)C)N=C. The Morgan fingerprint density at radius 1 is 1.64 bits per heavy atom. The van der Waals surface area contributed by atoms with Crippen molar-refractivity contribution in [2.24, 2.45) is 5.10 Å². The predicted molar refractivity (Wildman–Crippen MR) is 45.1 cm³/mol. The normalized spacial score (nSPS) is 8.55. The zero-order chi connectivity index (χ0) is 8.85. The van der Waals surface area contributed by atoms with E-state index >= 15 is 0 Å². The molecule has 11 heavy (non-hydrogen) atoms. The first-order chi connectivity index (χ1) is 5.11. The fourth-order valence-electron chi connectivity index (χ4n) is 0.452. The third-order valence-electron chi connectivity index (χ3n) is 1.19. The van der Waals surface area contributed by atoms with Gasteiger partial charge in [-0.2, -0.15) is 5.10 Å². The molecule has 0 saturated heterocycles. The summed E-state index contributed by atoms with van der Waals surface area (Å²) in [6, 6.07) is 0. The smallest absolute Gasteiger partial charge is 0.243 e. The maximum Gasteiger partial charge on any atom is 0.243 e. The molecule has 0 heterocycles. The third-order valence-corrected chi connectivity index (χ3v) is 1.19. The molecule has 0 aliphatic carbocycles. The number of carbonyl (C=O) groups excluding carboxylic acids is 1. The van der Waals surface area contributed by atoms with Crippen LogP contribution in [-0.2, 0) is 4.79 Å². The summed E-state index contributed by atoms with van der Waals surface area (Å²) in [6.07, 6.45) is 1.45. The van der Waals surface area contributed by atoms with E-state index in [0.29, 0.717) is 0 Å². The highest BCUT2D eigenvalue weighted by Gasteiger charge is 2.05. The zero-order valence-electron chi connectivity index (χ0n) is 6.95. The van der Waals surface area contributed by atoms with Gasteiger partial charge >= 0.3 is 0 Å². The summed E-state index contributed by atoms with van der Waals surface area (Å²) in [4.78, 5) is 12.5. The van der Waals surface area contributed by atoms with Crippen LogP contribution in [0.4, 0.5) is 0 Å². The van der Waals surface area contributed by atoms with Crippen molar-refractivity contribution in [2.75, 3.05) is 20.6 Å². The molecule has 0 N–H and O–H groups in total. The van der Waals surface area contributed by atoms with E-state index in [0.717, 1.165) is 0 Å². The van der Waals surface area contributed by atoms with Crippen LogP contribution in [0.1, 0.15) is 0 Å². The van der Waals surface area contributed by atoms with Gasteiger partial charge in [0.15, 0.2) is 0 Å². The van der Waals surface area contributed by atoms with Gasteiger partial charge < -0.3 is 4.90 Å². The molecule has 1 amide bonds. The molecule has 0 fully saturated rings. The van der Waals surface area contributed by atoms with Gasteiger partial charge in [0, 0.05) is 27.0 Å². The molecular formula is C7H13N3O. The number of hydrazone groups is 1. The molecule has 4 nitrogen and oxygen atoms in total. The van der Waals surface area contributed by atoms with E-state index in [1.165, 1.54) is 16.1 Å². The number of hydrogen-bond acceptors (Lipinski definition) is 3. The van der Waals surface area contributed by atoms with Gasteiger partial charge in [-0.15, -0.1) is 0 Å². The lowest BCUT2D eigenvalue weighted by Crippen LogP contribution is -2.31. The van der Waals surface area contributed by atoms with Crippen molar-refractivity contribution in [3.63, 3.8) is 0 Å². The van der Waals surface area contributed by atoms with E-state index in [1.807, 2.05) is 0 Å². The summed E-state index contributed by atoms with van der Waals surface area (Å²) in [5.74, 6) is -0.0303. The fraction of sp³-hybridized carbons (Fsp3) is 0.429. The lowest BCUT2D eigenvalue weighted by molar-refractivity contribution is -0.129. The van der Waals surface area contributed by atoms with Crippen LogP contribution in [0.15, 0.2) is 17.9 Å². The monoisotopic (exact) mass is 155 g/mol. The van der Waals surface area contributed by atoms with Crippen LogP contribution in [0.3, 0.4) is 0 Å². The van der Waals surface area contributed by atoms with Crippen molar-refractivity contribution < 1.29 is 4.79 Å². The minimum Gasteiger partial charge on any atom is -0.347 e. The average molecular weight is 155 g/mol. The number of nitrogens with zero attached hydrogens (tertiary/aromatic N) is 3. The molecule has 0 saturated carbocycles. The van der Waals surface area contributed by atoms with E-state index in [1.54, 1.807) is 14.1 Å². The number of likely N-dealkylation sites (N-methyl/N-ethyl adjacent to an activating group) is 1. The van der Waals surface area contributed by atoms with Crippen molar-refractivity contribution in [3.8, 4) is 0 Å². The molecule has 0 aromatic carbocycles. The highest BCUT2D eigenvalue weighted by molar-refractivity contribution is 5.77. The van der Waals surface area contributed by atoms with Gasteiger partial charge in [-0.25, -0.2) is 0 Å². The Kier molecular flexibility index (Phi) is 3.95. The maximum atomic E-state index is 11.0.